The van der Waals surface area contributed by atoms with Crippen LogP contribution in [0.5, 0.6) is 0 Å². The number of ketones is 1. The number of Topliss-reactive ketones (excluding diaryl/α,β-unsaturated/α-hetero) is 1. The molecule has 0 aliphatic heterocycles. The largest absolute Gasteiger partial charge is 0.342 e. The second kappa shape index (κ2) is 29.5. The highest BCUT2D eigenvalue weighted by molar-refractivity contribution is 14.3. The molecule has 14 heteroatoms. The summed E-state index contributed by atoms with van der Waals surface area (Å²) in [6.07, 6.45) is 23.1. The van der Waals surface area contributed by atoms with Crippen LogP contribution in [0.2, 0.25) is 0 Å². The molecule has 1 N–H and O–H groups in total. The van der Waals surface area contributed by atoms with Gasteiger partial charge in [0.1, 0.15) is 23.1 Å². The topological polar surface area (TPSA) is 162 Å². The summed E-state index contributed by atoms with van der Waals surface area (Å²) >= 11 is 9.10. The van der Waals surface area contributed by atoms with Crippen molar-refractivity contribution in [1.29, 1.82) is 10.5 Å². The SMILES string of the molecule is CI.IC(I)I.N#C/C(=C\c1cccc(C2CC2)n1)C(=O)NC1(c2ccc(-c3cccnc3)cc2)CCCC1.N#CCC(=O)CC1(c2ccc(-c3cccnc3)cc2)CCCC1.O=Cc1cccc(C2CC2)n1. The predicted octanol–water partition coefficient (Wildman–Crippen LogP) is 15.3. The van der Waals surface area contributed by atoms with E-state index in [1.165, 1.54) is 18.4 Å². The van der Waals surface area contributed by atoms with Crippen LogP contribution in [0.4, 0.5) is 0 Å². The van der Waals surface area contributed by atoms with Gasteiger partial charge in [0, 0.05) is 59.8 Å². The van der Waals surface area contributed by atoms with Gasteiger partial charge in [-0.15, -0.1) is 0 Å². The number of nitrogens with one attached hydrogen (secondary N) is 1. The Labute approximate surface area is 485 Å². The molecule has 0 unspecified atom stereocenters. The van der Waals surface area contributed by atoms with Crippen LogP contribution in [0.25, 0.3) is 28.3 Å². The van der Waals surface area contributed by atoms with Crippen molar-refractivity contribution in [2.24, 2.45) is 0 Å². The van der Waals surface area contributed by atoms with Gasteiger partial charge in [0.25, 0.3) is 5.91 Å². The molecule has 4 aromatic heterocycles. The van der Waals surface area contributed by atoms with E-state index in [-0.39, 0.29) is 29.1 Å². The molecule has 376 valence electrons. The molecule has 0 bridgehead atoms. The summed E-state index contributed by atoms with van der Waals surface area (Å²) < 4.78 is 0.743. The Bertz CT molecular complexity index is 2830. The van der Waals surface area contributed by atoms with Crippen molar-refractivity contribution >= 4 is 114 Å². The number of hydrogen-bond donors (Lipinski definition) is 1. The molecule has 0 spiro atoms. The van der Waals surface area contributed by atoms with Crippen LogP contribution in [0.3, 0.4) is 0 Å². The average Bonchev–Trinajstić information content (AvgIpc) is 4.37. The summed E-state index contributed by atoms with van der Waals surface area (Å²) in [6, 6.07) is 40.3. The molecule has 4 heterocycles. The predicted molar refractivity (Wildman–Crippen MR) is 325 cm³/mol. The number of pyridine rings is 4. The highest BCUT2D eigenvalue weighted by Crippen LogP contribution is 2.45. The molecule has 0 saturated heterocycles. The minimum Gasteiger partial charge on any atom is -0.342 e. The first kappa shape index (κ1) is 57.8. The Morgan fingerprint density at radius 1 is 0.658 bits per heavy atom. The van der Waals surface area contributed by atoms with Crippen LogP contribution in [0.1, 0.15) is 140 Å². The zero-order valence-electron chi connectivity index (χ0n) is 40.9. The molecule has 1 amide bonds. The monoisotopic (exact) mass is 1420 g/mol. The first-order valence-corrected chi connectivity index (χ1v) is 30.5. The summed E-state index contributed by atoms with van der Waals surface area (Å²) in [5.41, 5.74) is 9.59. The average molecular weight is 1420 g/mol. The number of carbonyl (C=O) groups excluding carboxylic acids is 3. The molecule has 4 saturated carbocycles. The lowest BCUT2D eigenvalue weighted by Gasteiger charge is -2.31. The Balaban J connectivity index is 0.000000187. The molecule has 4 aliphatic carbocycles. The molecule has 4 fully saturated rings. The van der Waals surface area contributed by atoms with E-state index in [1.807, 2.05) is 78.0 Å². The molecule has 2 aromatic carbocycles. The van der Waals surface area contributed by atoms with Gasteiger partial charge in [-0.1, -0.05) is 189 Å². The van der Waals surface area contributed by atoms with Crippen molar-refractivity contribution in [3.05, 3.63) is 173 Å². The van der Waals surface area contributed by atoms with Crippen LogP contribution in [0, 0.1) is 22.7 Å². The normalized spacial score (nSPS) is 15.9. The Hall–Kier alpha value is -4.51. The minimum atomic E-state index is -0.455. The van der Waals surface area contributed by atoms with E-state index in [1.54, 1.807) is 24.5 Å². The number of nitriles is 2. The molecule has 10 rings (SSSR count). The van der Waals surface area contributed by atoms with E-state index < -0.39 is 5.54 Å². The van der Waals surface area contributed by atoms with Gasteiger partial charge in [-0.05, 0) is 132 Å². The van der Waals surface area contributed by atoms with E-state index >= 15 is 0 Å². The number of aldehydes is 1. The first-order valence-electron chi connectivity index (χ1n) is 24.6. The van der Waals surface area contributed by atoms with E-state index in [2.05, 4.69) is 170 Å². The second-order valence-electron chi connectivity index (χ2n) is 18.5. The third kappa shape index (κ3) is 17.5. The number of rotatable bonds is 13. The number of carbonyl (C=O) groups is 3. The lowest BCUT2D eigenvalue weighted by molar-refractivity contribution is -0.120. The quantitative estimate of drug-likeness (QED) is 0.0390. The number of halogens is 4. The Kier molecular flexibility index (Phi) is 23.4. The van der Waals surface area contributed by atoms with Crippen LogP contribution in [-0.2, 0) is 20.5 Å². The van der Waals surface area contributed by atoms with Crippen LogP contribution in [-0.4, -0.2) is 42.8 Å². The maximum absolute atomic E-state index is 13.2. The minimum absolute atomic E-state index is 0.0233. The number of aromatic nitrogens is 4. The standard InChI is InChI=1S/C28H26N4O.C20H20N2O.C9H9NO.CHI3.CH3I/c29-18-23(17-25-6-3-7-26(31-25)21-8-9-21)27(33)32-28(14-1-2-15-28)24-12-10-20(11-13-24)22-5-4-16-30-19-22;21-12-9-19(23)14-20(10-1-2-11-20)18-7-5-16(6-8-18)17-4-3-13-22-15-17;11-6-8-2-1-3-9(10-8)7-4-5-7;2-1(3)4;1-2/h3-7,10-13,16-17,19,21H,1-2,8-9,14-15H2,(H,32,33);3-8,13,15H,1-2,9-11,14H2;1-3,6-7H,4-5H2;1H;1H3/b23-17+;;;;. The Morgan fingerprint density at radius 3 is 1.59 bits per heavy atom. The molecule has 73 heavy (non-hydrogen) atoms. The van der Waals surface area contributed by atoms with Crippen molar-refractivity contribution in [3.8, 4) is 34.4 Å². The second-order valence-corrected chi connectivity index (χ2v) is 29.4. The summed E-state index contributed by atoms with van der Waals surface area (Å²) in [6.45, 7) is 0. The zero-order chi connectivity index (χ0) is 52.1. The smallest absolute Gasteiger partial charge is 0.262 e. The van der Waals surface area contributed by atoms with Gasteiger partial charge < -0.3 is 5.32 Å². The van der Waals surface area contributed by atoms with Crippen LogP contribution in [0.15, 0.2) is 140 Å². The summed E-state index contributed by atoms with van der Waals surface area (Å²) in [7, 11) is 0. The van der Waals surface area contributed by atoms with Crippen molar-refractivity contribution in [3.63, 3.8) is 0 Å². The van der Waals surface area contributed by atoms with Gasteiger partial charge in [-0.2, -0.15) is 10.5 Å². The summed E-state index contributed by atoms with van der Waals surface area (Å²) in [5.74, 6) is 0.879. The third-order valence-corrected chi connectivity index (χ3v) is 13.5. The number of benzene rings is 2. The summed E-state index contributed by atoms with van der Waals surface area (Å²) in [5, 5.41) is 21.7. The highest BCUT2D eigenvalue weighted by atomic mass is 127. The third-order valence-electron chi connectivity index (χ3n) is 13.5. The number of amides is 1. The van der Waals surface area contributed by atoms with Gasteiger partial charge in [0.15, 0.2) is 6.29 Å². The number of nitrogens with zero attached hydrogens (tertiary/aromatic N) is 6. The number of alkyl halides is 4. The zero-order valence-corrected chi connectivity index (χ0v) is 49.5. The van der Waals surface area contributed by atoms with Gasteiger partial charge in [-0.25, -0.2) is 4.98 Å². The van der Waals surface area contributed by atoms with E-state index in [9.17, 15) is 19.6 Å². The number of hydrogen-bond acceptors (Lipinski definition) is 9. The first-order chi connectivity index (χ1) is 35.5. The van der Waals surface area contributed by atoms with Gasteiger partial charge in [-0.3, -0.25) is 29.3 Å². The van der Waals surface area contributed by atoms with Crippen molar-refractivity contribution in [2.45, 2.75) is 113 Å². The van der Waals surface area contributed by atoms with E-state index in [4.69, 9.17) is 5.26 Å². The van der Waals surface area contributed by atoms with E-state index in [0.717, 1.165) is 110 Å². The fourth-order valence-corrected chi connectivity index (χ4v) is 9.55. The summed E-state index contributed by atoms with van der Waals surface area (Å²) in [4.78, 5) is 54.7. The molecule has 0 atom stereocenters. The molecule has 6 aromatic rings. The fraction of sp³-hybridized carbons (Fsp3) is 0.339. The van der Waals surface area contributed by atoms with Crippen molar-refractivity contribution in [1.82, 2.24) is 25.3 Å². The van der Waals surface area contributed by atoms with Crippen LogP contribution >= 0.6 is 90.4 Å². The fourth-order valence-electron chi connectivity index (χ4n) is 9.55. The highest BCUT2D eigenvalue weighted by Gasteiger charge is 2.39. The van der Waals surface area contributed by atoms with Crippen molar-refractivity contribution < 1.29 is 14.4 Å². The molecule has 0 radical (unpaired) electrons. The lowest BCUT2D eigenvalue weighted by atomic mass is 9.74. The van der Waals surface area contributed by atoms with Gasteiger partial charge in [0.2, 0.25) is 0 Å². The van der Waals surface area contributed by atoms with Gasteiger partial charge >= 0.3 is 0 Å². The van der Waals surface area contributed by atoms with Gasteiger partial charge in [0.05, 0.1) is 23.7 Å². The van der Waals surface area contributed by atoms with Crippen LogP contribution < -0.4 is 5.32 Å². The van der Waals surface area contributed by atoms with Crippen molar-refractivity contribution in [2.75, 3.05) is 4.93 Å². The maximum atomic E-state index is 13.2. The Morgan fingerprint density at radius 2 is 1.14 bits per heavy atom. The molecular weight excluding hydrogens is 1360 g/mol. The van der Waals surface area contributed by atoms with E-state index in [0.29, 0.717) is 29.6 Å². The lowest BCUT2D eigenvalue weighted by Crippen LogP contribution is -2.44. The molecule has 4 aliphatic rings. The maximum Gasteiger partial charge on any atom is 0.262 e. The molecule has 10 nitrogen and oxygen atoms in total. The molecular formula is C59H59I4N7O3.